The highest BCUT2D eigenvalue weighted by atomic mass is 19.3. The summed E-state index contributed by atoms with van der Waals surface area (Å²) in [6, 6.07) is 4.41. The summed E-state index contributed by atoms with van der Waals surface area (Å²) in [5, 5.41) is 6.19. The molecule has 0 spiro atoms. The van der Waals surface area contributed by atoms with Crippen molar-refractivity contribution in [3.63, 3.8) is 0 Å². The normalized spacial score (nSPS) is 27.2. The molecule has 0 unspecified atom stereocenters. The van der Waals surface area contributed by atoms with Crippen LogP contribution in [0, 0.1) is 17.7 Å². The number of pyridine rings is 1. The molecule has 0 bridgehead atoms. The van der Waals surface area contributed by atoms with E-state index in [1.54, 1.807) is 17.7 Å². The lowest BCUT2D eigenvalue weighted by atomic mass is 9.93. The van der Waals surface area contributed by atoms with E-state index >= 15 is 0 Å². The molecule has 2 N–H and O–H groups in total. The maximum atomic E-state index is 14.8. The molecule has 3 fully saturated rings. The summed E-state index contributed by atoms with van der Waals surface area (Å²) in [6.07, 6.45) is -0.132. The average molecular weight is 533 g/mol. The molecule has 1 aromatic heterocycles. The Balaban J connectivity index is 1.44. The van der Waals surface area contributed by atoms with E-state index in [0.717, 1.165) is 19.2 Å². The smallest absolute Gasteiger partial charge is 0.266 e. The summed E-state index contributed by atoms with van der Waals surface area (Å²) >= 11 is 0. The molecule has 1 amide bonds. The molecule has 2 saturated heterocycles. The minimum atomic E-state index is -2.96. The fourth-order valence-electron chi connectivity index (χ4n) is 6.13. The van der Waals surface area contributed by atoms with E-state index in [1.807, 2.05) is 13.8 Å². The van der Waals surface area contributed by atoms with Gasteiger partial charge < -0.3 is 24.8 Å². The van der Waals surface area contributed by atoms with Crippen molar-refractivity contribution >= 4 is 11.6 Å². The number of nitrogens with one attached hydrogen (secondary N) is 2. The van der Waals surface area contributed by atoms with Crippen molar-refractivity contribution in [2.45, 2.75) is 63.8 Å². The van der Waals surface area contributed by atoms with Gasteiger partial charge in [-0.3, -0.25) is 9.59 Å². The van der Waals surface area contributed by atoms with Crippen molar-refractivity contribution in [2.75, 3.05) is 32.1 Å². The number of carbonyl (C=O) groups excluding carboxylic acids is 1. The largest absolute Gasteiger partial charge is 0.381 e. The quantitative estimate of drug-likeness (QED) is 0.549. The van der Waals surface area contributed by atoms with E-state index in [9.17, 15) is 22.8 Å². The Labute approximate surface area is 220 Å². The maximum absolute atomic E-state index is 14.8. The number of likely N-dealkylation sites (tertiary alicyclic amines) is 1. The second-order valence-electron chi connectivity index (χ2n) is 11.6. The third kappa shape index (κ3) is 5.20. The van der Waals surface area contributed by atoms with Gasteiger partial charge in [-0.1, -0.05) is 18.2 Å². The predicted molar refractivity (Wildman–Crippen MR) is 138 cm³/mol. The van der Waals surface area contributed by atoms with Crippen LogP contribution in [0.1, 0.15) is 73.6 Å². The molecule has 3 aliphatic rings. The first kappa shape index (κ1) is 26.7. The summed E-state index contributed by atoms with van der Waals surface area (Å²) in [4.78, 5) is 29.1. The molecule has 1 aliphatic carbocycles. The third-order valence-corrected chi connectivity index (χ3v) is 8.20. The summed E-state index contributed by atoms with van der Waals surface area (Å²) < 4.78 is 48.6. The standard InChI is InChI=1S/C28H35F3N4O3/c1-15(17-6-5-7-18(24(17)29)26(30)31)32-27(37)21-14-35(16-8-9-38-28(2,3)11-16)23(36)10-22(21)33-25-19-12-34(4)13-20(19)25/h5-7,10,14-16,19-20,25-26,33H,8-9,11-13H2,1-4H3,(H,32,37)/t15-,16+,19-,20+,25-/m1/s1. The number of ether oxygens (including phenoxy) is 1. The topological polar surface area (TPSA) is 75.6 Å². The van der Waals surface area contributed by atoms with E-state index in [1.165, 1.54) is 18.2 Å². The summed E-state index contributed by atoms with van der Waals surface area (Å²) in [7, 11) is 2.07. The lowest BCUT2D eigenvalue weighted by Crippen LogP contribution is -2.39. The Morgan fingerprint density at radius 3 is 2.53 bits per heavy atom. The lowest BCUT2D eigenvalue weighted by Gasteiger charge is -2.36. The van der Waals surface area contributed by atoms with Gasteiger partial charge in [0.2, 0.25) is 0 Å². The van der Waals surface area contributed by atoms with Gasteiger partial charge in [0.15, 0.2) is 0 Å². The number of nitrogens with zero attached hydrogens (tertiary/aromatic N) is 2. The number of rotatable bonds is 7. The zero-order valence-corrected chi connectivity index (χ0v) is 22.1. The van der Waals surface area contributed by atoms with Gasteiger partial charge in [0.25, 0.3) is 17.9 Å². The molecule has 2 aromatic rings. The van der Waals surface area contributed by atoms with Crippen LogP contribution in [0.15, 0.2) is 35.3 Å². The number of benzene rings is 1. The predicted octanol–water partition coefficient (Wildman–Crippen LogP) is 4.52. The van der Waals surface area contributed by atoms with Gasteiger partial charge in [-0.05, 0) is 52.5 Å². The van der Waals surface area contributed by atoms with Gasteiger partial charge in [0.05, 0.1) is 28.5 Å². The van der Waals surface area contributed by atoms with E-state index in [4.69, 9.17) is 4.74 Å². The first-order valence-electron chi connectivity index (χ1n) is 13.2. The van der Waals surface area contributed by atoms with Gasteiger partial charge in [0, 0.05) is 49.6 Å². The van der Waals surface area contributed by atoms with Crippen LogP contribution < -0.4 is 16.2 Å². The molecular weight excluding hydrogens is 497 g/mol. The second kappa shape index (κ2) is 10.0. The molecule has 5 atom stereocenters. The molecule has 2 aliphatic heterocycles. The number of amides is 1. The van der Waals surface area contributed by atoms with Crippen LogP contribution in [0.4, 0.5) is 18.9 Å². The van der Waals surface area contributed by atoms with Gasteiger partial charge in [-0.25, -0.2) is 13.2 Å². The number of piperidine rings is 1. The molecule has 7 nitrogen and oxygen atoms in total. The summed E-state index contributed by atoms with van der Waals surface area (Å²) in [5.41, 5.74) is -0.633. The van der Waals surface area contributed by atoms with Crippen molar-refractivity contribution in [3.05, 3.63) is 63.3 Å². The first-order chi connectivity index (χ1) is 17.9. The highest BCUT2D eigenvalue weighted by Gasteiger charge is 2.55. The number of hydrogen-bond acceptors (Lipinski definition) is 5. The minimum absolute atomic E-state index is 0.0232. The number of hydrogen-bond donors (Lipinski definition) is 2. The van der Waals surface area contributed by atoms with E-state index < -0.39 is 35.4 Å². The second-order valence-corrected chi connectivity index (χ2v) is 11.6. The minimum Gasteiger partial charge on any atom is -0.381 e. The molecule has 0 radical (unpaired) electrons. The van der Waals surface area contributed by atoms with Crippen LogP contribution in [0.3, 0.4) is 0 Å². The molecular formula is C28H35F3N4O3. The first-order valence-corrected chi connectivity index (χ1v) is 13.2. The van der Waals surface area contributed by atoms with Crippen LogP contribution in [0.25, 0.3) is 0 Å². The lowest BCUT2D eigenvalue weighted by molar-refractivity contribution is -0.0695. The highest BCUT2D eigenvalue weighted by Crippen LogP contribution is 2.47. The molecule has 206 valence electrons. The Hall–Kier alpha value is -2.85. The Bertz CT molecular complexity index is 1270. The molecule has 5 rings (SSSR count). The number of carbonyl (C=O) groups is 1. The zero-order chi connectivity index (χ0) is 27.4. The molecule has 1 aromatic carbocycles. The van der Waals surface area contributed by atoms with Crippen molar-refractivity contribution in [3.8, 4) is 0 Å². The molecule has 1 saturated carbocycles. The molecule has 10 heteroatoms. The van der Waals surface area contributed by atoms with Gasteiger partial charge in [-0.15, -0.1) is 0 Å². The highest BCUT2D eigenvalue weighted by molar-refractivity contribution is 5.99. The Morgan fingerprint density at radius 1 is 1.18 bits per heavy atom. The van der Waals surface area contributed by atoms with Crippen molar-refractivity contribution in [1.82, 2.24) is 14.8 Å². The van der Waals surface area contributed by atoms with Gasteiger partial charge in [0.1, 0.15) is 5.82 Å². The van der Waals surface area contributed by atoms with Gasteiger partial charge >= 0.3 is 0 Å². The van der Waals surface area contributed by atoms with Crippen LogP contribution in [-0.4, -0.2) is 53.8 Å². The van der Waals surface area contributed by atoms with Crippen molar-refractivity contribution < 1.29 is 22.7 Å². The Kier molecular flexibility index (Phi) is 7.06. The number of fused-ring (bicyclic) bond motifs is 1. The summed E-state index contributed by atoms with van der Waals surface area (Å²) in [6.45, 7) is 7.91. The van der Waals surface area contributed by atoms with E-state index in [0.29, 0.717) is 37.0 Å². The van der Waals surface area contributed by atoms with E-state index in [2.05, 4.69) is 22.6 Å². The third-order valence-electron chi connectivity index (χ3n) is 8.20. The Morgan fingerprint density at radius 2 is 1.87 bits per heavy atom. The van der Waals surface area contributed by atoms with Crippen LogP contribution in [0.5, 0.6) is 0 Å². The zero-order valence-electron chi connectivity index (χ0n) is 22.1. The van der Waals surface area contributed by atoms with E-state index in [-0.39, 0.29) is 28.8 Å². The average Bonchev–Trinajstić information content (AvgIpc) is 3.27. The number of anilines is 1. The van der Waals surface area contributed by atoms with Crippen LogP contribution in [-0.2, 0) is 4.74 Å². The fraction of sp³-hybridized carbons (Fsp3) is 0.571. The SMILES string of the molecule is C[C@@H](NC(=O)c1cn([C@H]2CCOC(C)(C)C2)c(=O)cc1N[C@@H]1[C@@H]2CN(C)C[C@@H]21)c1cccc(C(F)F)c1F. The molecule has 38 heavy (non-hydrogen) atoms. The molecule has 3 heterocycles. The van der Waals surface area contributed by atoms with Gasteiger partial charge in [-0.2, -0.15) is 0 Å². The van der Waals surface area contributed by atoms with Crippen molar-refractivity contribution in [1.29, 1.82) is 0 Å². The van der Waals surface area contributed by atoms with Crippen LogP contribution >= 0.6 is 0 Å². The fourth-order valence-corrected chi connectivity index (χ4v) is 6.13. The van der Waals surface area contributed by atoms with Crippen LogP contribution in [0.2, 0.25) is 0 Å². The number of aromatic nitrogens is 1. The maximum Gasteiger partial charge on any atom is 0.266 e. The van der Waals surface area contributed by atoms with Crippen molar-refractivity contribution in [2.24, 2.45) is 11.8 Å². The summed E-state index contributed by atoms with van der Waals surface area (Å²) in [5.74, 6) is -0.623. The number of halogens is 3. The number of alkyl halides is 2. The monoisotopic (exact) mass is 532 g/mol.